The Hall–Kier alpha value is -3.12. The maximum atomic E-state index is 12.5. The Morgan fingerprint density at radius 2 is 1.93 bits per heavy atom. The highest BCUT2D eigenvalue weighted by atomic mass is 32.1. The minimum Gasteiger partial charge on any atom is -0.491 e. The van der Waals surface area contributed by atoms with Gasteiger partial charge in [-0.05, 0) is 37.1 Å². The summed E-state index contributed by atoms with van der Waals surface area (Å²) in [6.45, 7) is 3.92. The van der Waals surface area contributed by atoms with Crippen LogP contribution in [-0.2, 0) is 4.79 Å². The van der Waals surface area contributed by atoms with Gasteiger partial charge < -0.3 is 15.2 Å². The molecule has 29 heavy (non-hydrogen) atoms. The fourth-order valence-electron chi connectivity index (χ4n) is 3.66. The molecule has 1 aliphatic rings. The van der Waals surface area contributed by atoms with E-state index >= 15 is 0 Å². The molecule has 0 saturated carbocycles. The number of rotatable bonds is 5. The van der Waals surface area contributed by atoms with Crippen molar-refractivity contribution in [1.82, 2.24) is 0 Å². The summed E-state index contributed by atoms with van der Waals surface area (Å²) in [7, 11) is 0. The Kier molecular flexibility index (Phi) is 5.11. The standard InChI is InChI=1S/C23H21NO4S/c1-13(2)28-16-10-6-9-15(11-16)17-12-18(25)24-20-19(14-7-4-3-5-8-14)22(23(26)27)29-21(17)20/h3-11,13,17H,12H2,1-2H3,(H,24,25)(H,26,27)/t17-/m1/s1. The molecule has 2 N–H and O–H groups in total. The van der Waals surface area contributed by atoms with Crippen LogP contribution in [0.15, 0.2) is 54.6 Å². The number of amides is 1. The van der Waals surface area contributed by atoms with E-state index in [0.717, 1.165) is 21.8 Å². The second-order valence-electron chi connectivity index (χ2n) is 7.26. The summed E-state index contributed by atoms with van der Waals surface area (Å²) in [5.41, 5.74) is 2.90. The maximum absolute atomic E-state index is 12.5. The monoisotopic (exact) mass is 407 g/mol. The summed E-state index contributed by atoms with van der Waals surface area (Å²) in [5, 5.41) is 12.7. The first kappa shape index (κ1) is 19.2. The molecule has 148 valence electrons. The molecule has 1 amide bonds. The number of carbonyl (C=O) groups is 2. The van der Waals surface area contributed by atoms with Crippen LogP contribution >= 0.6 is 11.3 Å². The topological polar surface area (TPSA) is 75.6 Å². The number of carboxylic acid groups (broad SMARTS) is 1. The fraction of sp³-hybridized carbons (Fsp3) is 0.217. The quantitative estimate of drug-likeness (QED) is 0.596. The van der Waals surface area contributed by atoms with E-state index in [9.17, 15) is 14.7 Å². The first-order chi connectivity index (χ1) is 13.9. The van der Waals surface area contributed by atoms with Gasteiger partial charge in [0.2, 0.25) is 5.91 Å². The smallest absolute Gasteiger partial charge is 0.346 e. The number of carboxylic acids is 1. The van der Waals surface area contributed by atoms with Crippen LogP contribution in [0.1, 0.15) is 46.3 Å². The van der Waals surface area contributed by atoms with Crippen molar-refractivity contribution in [3.8, 4) is 16.9 Å². The van der Waals surface area contributed by atoms with E-state index in [1.165, 1.54) is 11.3 Å². The second kappa shape index (κ2) is 7.72. The van der Waals surface area contributed by atoms with E-state index in [4.69, 9.17) is 4.74 Å². The number of fused-ring (bicyclic) bond motifs is 1. The van der Waals surface area contributed by atoms with Crippen LogP contribution in [-0.4, -0.2) is 23.1 Å². The number of hydrogen-bond donors (Lipinski definition) is 2. The number of anilines is 1. The summed E-state index contributed by atoms with van der Waals surface area (Å²) >= 11 is 1.23. The molecule has 6 heteroatoms. The van der Waals surface area contributed by atoms with E-state index in [2.05, 4.69) is 5.32 Å². The third-order valence-electron chi connectivity index (χ3n) is 4.79. The molecule has 4 rings (SSSR count). The van der Waals surface area contributed by atoms with Crippen LogP contribution in [0, 0.1) is 0 Å². The molecule has 0 spiro atoms. The highest BCUT2D eigenvalue weighted by Gasteiger charge is 2.34. The normalized spacial score (nSPS) is 15.7. The number of nitrogens with one attached hydrogen (secondary N) is 1. The Labute approximate surface area is 173 Å². The molecule has 2 heterocycles. The van der Waals surface area contributed by atoms with Crippen molar-refractivity contribution in [2.24, 2.45) is 0 Å². The fourth-order valence-corrected chi connectivity index (χ4v) is 4.91. The Balaban J connectivity index is 1.86. The average molecular weight is 407 g/mol. The SMILES string of the molecule is CC(C)Oc1cccc([C@H]2CC(=O)Nc3c2sc(C(=O)O)c3-c2ccccc2)c1. The minimum atomic E-state index is -0.992. The average Bonchev–Trinajstić information content (AvgIpc) is 3.07. The number of hydrogen-bond acceptors (Lipinski definition) is 4. The van der Waals surface area contributed by atoms with Crippen molar-refractivity contribution in [2.75, 3.05) is 5.32 Å². The van der Waals surface area contributed by atoms with Gasteiger partial charge in [0, 0.05) is 22.8 Å². The number of aromatic carboxylic acids is 1. The molecule has 1 aliphatic heterocycles. The Morgan fingerprint density at radius 3 is 2.62 bits per heavy atom. The first-order valence-corrected chi connectivity index (χ1v) is 10.3. The lowest BCUT2D eigenvalue weighted by atomic mass is 9.88. The molecule has 0 aliphatic carbocycles. The Morgan fingerprint density at radius 1 is 1.17 bits per heavy atom. The molecular weight excluding hydrogens is 386 g/mol. The number of ether oxygens (including phenoxy) is 1. The molecule has 0 unspecified atom stereocenters. The predicted molar refractivity (Wildman–Crippen MR) is 114 cm³/mol. The molecule has 0 bridgehead atoms. The number of benzene rings is 2. The van der Waals surface area contributed by atoms with Crippen LogP contribution in [0.2, 0.25) is 0 Å². The molecule has 0 fully saturated rings. The van der Waals surface area contributed by atoms with Gasteiger partial charge in [-0.3, -0.25) is 4.79 Å². The van der Waals surface area contributed by atoms with Crippen molar-refractivity contribution in [1.29, 1.82) is 0 Å². The van der Waals surface area contributed by atoms with E-state index in [-0.39, 0.29) is 29.2 Å². The molecule has 1 atom stereocenters. The van der Waals surface area contributed by atoms with Crippen LogP contribution in [0.4, 0.5) is 5.69 Å². The number of carbonyl (C=O) groups excluding carboxylic acids is 1. The minimum absolute atomic E-state index is 0.0421. The summed E-state index contributed by atoms with van der Waals surface area (Å²) in [6.07, 6.45) is 0.312. The van der Waals surface area contributed by atoms with E-state index < -0.39 is 5.97 Å². The zero-order valence-electron chi connectivity index (χ0n) is 16.1. The highest BCUT2D eigenvalue weighted by molar-refractivity contribution is 7.15. The van der Waals surface area contributed by atoms with Gasteiger partial charge in [-0.2, -0.15) is 0 Å². The van der Waals surface area contributed by atoms with Crippen molar-refractivity contribution in [2.45, 2.75) is 32.3 Å². The third-order valence-corrected chi connectivity index (χ3v) is 6.09. The molecule has 1 aromatic heterocycles. The number of thiophene rings is 1. The van der Waals surface area contributed by atoms with Gasteiger partial charge in [0.25, 0.3) is 0 Å². The highest BCUT2D eigenvalue weighted by Crippen LogP contribution is 2.49. The van der Waals surface area contributed by atoms with Crippen molar-refractivity contribution in [3.05, 3.63) is 69.9 Å². The molecular formula is C23H21NO4S. The van der Waals surface area contributed by atoms with E-state index in [1.807, 2.05) is 68.4 Å². The summed E-state index contributed by atoms with van der Waals surface area (Å²) in [4.78, 5) is 25.6. The van der Waals surface area contributed by atoms with Gasteiger partial charge in [-0.1, -0.05) is 42.5 Å². The first-order valence-electron chi connectivity index (χ1n) is 9.46. The summed E-state index contributed by atoms with van der Waals surface area (Å²) in [6, 6.07) is 17.0. The summed E-state index contributed by atoms with van der Waals surface area (Å²) < 4.78 is 5.81. The van der Waals surface area contributed by atoms with Gasteiger partial charge >= 0.3 is 5.97 Å². The lowest BCUT2D eigenvalue weighted by molar-refractivity contribution is -0.116. The van der Waals surface area contributed by atoms with E-state index in [0.29, 0.717) is 11.3 Å². The van der Waals surface area contributed by atoms with Gasteiger partial charge in [-0.25, -0.2) is 4.79 Å². The zero-order chi connectivity index (χ0) is 20.5. The lowest BCUT2D eigenvalue weighted by Crippen LogP contribution is -2.22. The second-order valence-corrected chi connectivity index (χ2v) is 8.31. The van der Waals surface area contributed by atoms with Gasteiger partial charge in [0.15, 0.2) is 0 Å². The van der Waals surface area contributed by atoms with Crippen molar-refractivity contribution >= 4 is 28.9 Å². The van der Waals surface area contributed by atoms with Crippen molar-refractivity contribution in [3.63, 3.8) is 0 Å². The molecule has 2 aromatic carbocycles. The molecule has 0 saturated heterocycles. The maximum Gasteiger partial charge on any atom is 0.346 e. The largest absolute Gasteiger partial charge is 0.491 e. The summed E-state index contributed by atoms with van der Waals surface area (Å²) in [5.74, 6) is -0.587. The van der Waals surface area contributed by atoms with Crippen LogP contribution in [0.5, 0.6) is 5.75 Å². The van der Waals surface area contributed by atoms with Gasteiger partial charge in [0.05, 0.1) is 11.8 Å². The van der Waals surface area contributed by atoms with Gasteiger partial charge in [-0.15, -0.1) is 11.3 Å². The predicted octanol–water partition coefficient (Wildman–Crippen LogP) is 5.37. The lowest BCUT2D eigenvalue weighted by Gasteiger charge is -2.24. The van der Waals surface area contributed by atoms with Crippen LogP contribution < -0.4 is 10.1 Å². The van der Waals surface area contributed by atoms with Crippen LogP contribution in [0.3, 0.4) is 0 Å². The zero-order valence-corrected chi connectivity index (χ0v) is 17.0. The van der Waals surface area contributed by atoms with Crippen molar-refractivity contribution < 1.29 is 19.4 Å². The molecule has 3 aromatic rings. The molecule has 5 nitrogen and oxygen atoms in total. The molecule has 0 radical (unpaired) electrons. The third kappa shape index (κ3) is 3.76. The van der Waals surface area contributed by atoms with E-state index in [1.54, 1.807) is 0 Å². The van der Waals surface area contributed by atoms with Gasteiger partial charge in [0.1, 0.15) is 10.6 Å². The Bertz CT molecular complexity index is 1070. The van der Waals surface area contributed by atoms with Crippen LogP contribution in [0.25, 0.3) is 11.1 Å².